The Morgan fingerprint density at radius 3 is 2.53 bits per heavy atom. The molecule has 0 saturated heterocycles. The van der Waals surface area contributed by atoms with Gasteiger partial charge in [0, 0.05) is 18.8 Å². The molecule has 184 valence electrons. The zero-order chi connectivity index (χ0) is 25.0. The number of benzene rings is 1. The molecule has 0 saturated carbocycles. The average molecular weight is 496 g/mol. The predicted molar refractivity (Wildman–Crippen MR) is 123 cm³/mol. The summed E-state index contributed by atoms with van der Waals surface area (Å²) in [5.41, 5.74) is 0.136. The van der Waals surface area contributed by atoms with Gasteiger partial charge in [0.05, 0.1) is 37.6 Å². The molecule has 34 heavy (non-hydrogen) atoms. The van der Waals surface area contributed by atoms with Gasteiger partial charge < -0.3 is 34.9 Å². The Bertz CT molecular complexity index is 1210. The summed E-state index contributed by atoms with van der Waals surface area (Å²) in [4.78, 5) is 27.9. The Hall–Kier alpha value is -3.12. The van der Waals surface area contributed by atoms with Crippen LogP contribution in [-0.2, 0) is 11.3 Å². The second-order valence-electron chi connectivity index (χ2n) is 7.97. The number of nitrogens with one attached hydrogen (secondary N) is 1. The third-order valence-corrected chi connectivity index (χ3v) is 5.73. The van der Waals surface area contributed by atoms with E-state index in [9.17, 15) is 24.9 Å². The number of aliphatic hydroxyl groups excluding tert-OH is 3. The van der Waals surface area contributed by atoms with Gasteiger partial charge in [0.25, 0.3) is 0 Å². The first-order chi connectivity index (χ1) is 16.1. The number of ether oxygens (including phenoxy) is 1. The number of aryl methyl sites for hydroxylation is 2. The Balaban J connectivity index is 2.16. The Kier molecular flexibility index (Phi) is 7.82. The predicted octanol–water partition coefficient (Wildman–Crippen LogP) is 1.69. The summed E-state index contributed by atoms with van der Waals surface area (Å²) in [6.45, 7) is 1.40. The van der Waals surface area contributed by atoms with Crippen LogP contribution in [0.15, 0.2) is 33.6 Å². The summed E-state index contributed by atoms with van der Waals surface area (Å²) < 4.78 is 12.4. The lowest BCUT2D eigenvalue weighted by Gasteiger charge is -2.31. The molecule has 0 radical (unpaired) electrons. The quantitative estimate of drug-likeness (QED) is 0.264. The fourth-order valence-electron chi connectivity index (χ4n) is 3.30. The van der Waals surface area contributed by atoms with E-state index in [2.05, 4.69) is 10.3 Å². The molecule has 2 aromatic heterocycles. The number of anilines is 1. The van der Waals surface area contributed by atoms with Gasteiger partial charge in [-0.1, -0.05) is 17.7 Å². The fourth-order valence-corrected chi connectivity index (χ4v) is 3.54. The number of aliphatic hydroxyl groups is 3. The molecule has 0 aliphatic carbocycles. The molecule has 12 heteroatoms. The number of fused-ring (bicyclic) bond motifs is 1. The van der Waals surface area contributed by atoms with Crippen LogP contribution in [0.3, 0.4) is 0 Å². The molecule has 1 atom stereocenters. The van der Waals surface area contributed by atoms with E-state index in [4.69, 9.17) is 25.9 Å². The molecular formula is C22H26ClN3O8. The highest BCUT2D eigenvalue weighted by Crippen LogP contribution is 2.41. The smallest absolute Gasteiger partial charge is 0.420 e. The van der Waals surface area contributed by atoms with Crippen molar-refractivity contribution in [3.05, 3.63) is 51.2 Å². The van der Waals surface area contributed by atoms with Crippen LogP contribution in [0.2, 0.25) is 5.02 Å². The first kappa shape index (κ1) is 25.5. The summed E-state index contributed by atoms with van der Waals surface area (Å²) in [6.07, 6.45) is 0.764. The van der Waals surface area contributed by atoms with Gasteiger partial charge in [-0.2, -0.15) is 0 Å². The van der Waals surface area contributed by atoms with Gasteiger partial charge in [-0.25, -0.2) is 4.79 Å². The number of pyridine rings is 1. The van der Waals surface area contributed by atoms with E-state index < -0.39 is 43.2 Å². The molecule has 3 rings (SSSR count). The third kappa shape index (κ3) is 5.17. The molecule has 0 unspecified atom stereocenters. The maximum absolute atomic E-state index is 12.5. The number of aromatic nitrogens is 2. The van der Waals surface area contributed by atoms with Crippen molar-refractivity contribution in [2.75, 3.05) is 25.1 Å². The summed E-state index contributed by atoms with van der Waals surface area (Å²) in [5.74, 6) is -1.85. The highest BCUT2D eigenvalue weighted by Gasteiger charge is 2.32. The van der Waals surface area contributed by atoms with Crippen LogP contribution in [0.25, 0.3) is 11.1 Å². The average Bonchev–Trinajstić information content (AvgIpc) is 3.13. The van der Waals surface area contributed by atoms with Crippen molar-refractivity contribution in [1.29, 1.82) is 0 Å². The van der Waals surface area contributed by atoms with Crippen LogP contribution in [0.5, 0.6) is 5.75 Å². The Morgan fingerprint density at radius 1 is 1.29 bits per heavy atom. The lowest BCUT2D eigenvalue weighted by Crippen LogP contribution is -2.49. The van der Waals surface area contributed by atoms with E-state index in [-0.39, 0.29) is 40.5 Å². The van der Waals surface area contributed by atoms with Crippen LogP contribution >= 0.6 is 11.6 Å². The Morgan fingerprint density at radius 2 is 1.97 bits per heavy atom. The minimum absolute atomic E-state index is 0.0200. The lowest BCUT2D eigenvalue weighted by atomic mass is 10.0. The van der Waals surface area contributed by atoms with Crippen LogP contribution < -0.4 is 15.8 Å². The number of carbonyl (C=O) groups is 1. The largest absolute Gasteiger partial charge is 0.483 e. The summed E-state index contributed by atoms with van der Waals surface area (Å²) in [5, 5.41) is 41.2. The number of carboxylic acid groups (broad SMARTS) is 1. The van der Waals surface area contributed by atoms with E-state index in [1.54, 1.807) is 19.2 Å². The molecule has 0 aliphatic heterocycles. The second kappa shape index (κ2) is 10.4. The monoisotopic (exact) mass is 495 g/mol. The van der Waals surface area contributed by atoms with Crippen molar-refractivity contribution in [2.24, 2.45) is 0 Å². The van der Waals surface area contributed by atoms with Crippen molar-refractivity contribution in [2.45, 2.75) is 38.5 Å². The number of nitrogens with zero attached hydrogens (tertiary/aromatic N) is 2. The highest BCUT2D eigenvalue weighted by molar-refractivity contribution is 6.36. The van der Waals surface area contributed by atoms with Gasteiger partial charge >= 0.3 is 11.7 Å². The first-order valence-electron chi connectivity index (χ1n) is 10.4. The van der Waals surface area contributed by atoms with Crippen molar-refractivity contribution in [3.8, 4) is 5.75 Å². The fraction of sp³-hybridized carbons (Fsp3) is 0.409. The van der Waals surface area contributed by atoms with Crippen LogP contribution in [0.1, 0.15) is 30.7 Å². The van der Waals surface area contributed by atoms with Crippen LogP contribution in [0.4, 0.5) is 5.69 Å². The number of rotatable bonds is 11. The summed E-state index contributed by atoms with van der Waals surface area (Å²) in [6, 6.07) is 5.06. The Labute approximate surface area is 199 Å². The number of oxazole rings is 1. The van der Waals surface area contributed by atoms with Crippen molar-refractivity contribution in [3.63, 3.8) is 0 Å². The molecular weight excluding hydrogens is 470 g/mol. The minimum atomic E-state index is -1.61. The highest BCUT2D eigenvalue weighted by atomic mass is 35.5. The molecule has 1 aromatic carbocycles. The van der Waals surface area contributed by atoms with Crippen molar-refractivity contribution >= 4 is 34.4 Å². The topological polar surface area (TPSA) is 167 Å². The van der Waals surface area contributed by atoms with E-state index >= 15 is 0 Å². The van der Waals surface area contributed by atoms with Gasteiger partial charge in [0.15, 0.2) is 5.58 Å². The number of halogens is 1. The van der Waals surface area contributed by atoms with Crippen molar-refractivity contribution < 1.29 is 34.4 Å². The van der Waals surface area contributed by atoms with Gasteiger partial charge in [0.2, 0.25) is 0 Å². The van der Waals surface area contributed by atoms with Gasteiger partial charge in [-0.3, -0.25) is 14.3 Å². The maximum Gasteiger partial charge on any atom is 0.420 e. The van der Waals surface area contributed by atoms with E-state index in [0.717, 1.165) is 10.1 Å². The lowest BCUT2D eigenvalue weighted by molar-refractivity contribution is -0.137. The van der Waals surface area contributed by atoms with Crippen LogP contribution in [-0.4, -0.2) is 61.3 Å². The normalized spacial score (nSPS) is 12.6. The molecule has 5 N–H and O–H groups in total. The van der Waals surface area contributed by atoms with Crippen LogP contribution in [0, 0.1) is 6.92 Å². The molecule has 3 aromatic rings. The van der Waals surface area contributed by atoms with E-state index in [1.165, 1.54) is 6.07 Å². The zero-order valence-corrected chi connectivity index (χ0v) is 19.4. The van der Waals surface area contributed by atoms with E-state index in [1.807, 2.05) is 13.0 Å². The molecule has 0 fully saturated rings. The molecule has 0 aliphatic rings. The van der Waals surface area contributed by atoms with Gasteiger partial charge in [0.1, 0.15) is 27.9 Å². The summed E-state index contributed by atoms with van der Waals surface area (Å²) >= 11 is 6.64. The minimum Gasteiger partial charge on any atom is -0.483 e. The van der Waals surface area contributed by atoms with Gasteiger partial charge in [-0.05, 0) is 25.5 Å². The molecule has 11 nitrogen and oxygen atoms in total. The molecule has 0 spiro atoms. The third-order valence-electron chi connectivity index (χ3n) is 5.36. The number of aliphatic carboxylic acids is 1. The van der Waals surface area contributed by atoms with Gasteiger partial charge in [-0.15, -0.1) is 0 Å². The number of hydrogen-bond donors (Lipinski definition) is 5. The molecule has 2 heterocycles. The SMILES string of the molecule is Cc1ccc([C@@H](C)Oc2cc3oc(=O)n(CCC(=O)O)c3c(NC(CO)(CO)CO)c2Cl)nc1. The molecule has 0 amide bonds. The number of hydrogen-bond acceptors (Lipinski definition) is 9. The van der Waals surface area contributed by atoms with Crippen molar-refractivity contribution in [1.82, 2.24) is 9.55 Å². The second-order valence-corrected chi connectivity index (χ2v) is 8.35. The standard InChI is InChI=1S/C22H26ClN3O8/c1-12-3-4-14(24-8-12)13(2)33-15-7-16-20(26(21(32)34-16)6-5-17(30)31)19(18(15)23)25-22(9-27,10-28)11-29/h3-4,7-8,13,25,27-29H,5-6,9-11H2,1-2H3,(H,30,31)/t13-/m1/s1. The molecule has 0 bridgehead atoms. The van der Waals surface area contributed by atoms with E-state index in [0.29, 0.717) is 5.69 Å². The zero-order valence-electron chi connectivity index (χ0n) is 18.6. The maximum atomic E-state index is 12.5. The number of carboxylic acids is 1. The first-order valence-corrected chi connectivity index (χ1v) is 10.8. The summed E-state index contributed by atoms with van der Waals surface area (Å²) in [7, 11) is 0.